The number of ether oxygens (including phenoxy) is 1. The molecule has 108 valence electrons. The van der Waals surface area contributed by atoms with E-state index in [9.17, 15) is 9.59 Å². The molecule has 0 saturated carbocycles. The number of amides is 2. The van der Waals surface area contributed by atoms with Crippen LogP contribution in [0.25, 0.3) is 0 Å². The van der Waals surface area contributed by atoms with E-state index >= 15 is 0 Å². The molecule has 0 aliphatic carbocycles. The van der Waals surface area contributed by atoms with Gasteiger partial charge in [0.05, 0.1) is 0 Å². The summed E-state index contributed by atoms with van der Waals surface area (Å²) < 4.78 is 5.05. The minimum absolute atomic E-state index is 0.0611. The van der Waals surface area contributed by atoms with Crippen LogP contribution < -0.4 is 5.32 Å². The van der Waals surface area contributed by atoms with E-state index in [-0.39, 0.29) is 5.91 Å². The minimum atomic E-state index is -0.491. The fourth-order valence-corrected chi connectivity index (χ4v) is 1.03. The Hall–Kier alpha value is -1.26. The molecule has 0 aliphatic heterocycles. The second-order valence-electron chi connectivity index (χ2n) is 4.60. The Morgan fingerprint density at radius 2 is 1.72 bits per heavy atom. The topological polar surface area (TPSA) is 58.6 Å². The molecule has 5 heteroatoms. The van der Waals surface area contributed by atoms with Crippen molar-refractivity contribution in [1.29, 1.82) is 0 Å². The van der Waals surface area contributed by atoms with Crippen LogP contribution in [0.15, 0.2) is 0 Å². The molecule has 0 saturated heterocycles. The predicted octanol–water partition coefficient (Wildman–Crippen LogP) is 2.41. The molecule has 0 aliphatic rings. The van der Waals surface area contributed by atoms with Crippen molar-refractivity contribution in [2.75, 3.05) is 20.1 Å². The van der Waals surface area contributed by atoms with Gasteiger partial charge in [-0.3, -0.25) is 4.79 Å². The summed E-state index contributed by atoms with van der Waals surface area (Å²) in [6, 6.07) is 0. The first-order valence-electron chi connectivity index (χ1n) is 6.47. The van der Waals surface area contributed by atoms with Crippen molar-refractivity contribution in [3.63, 3.8) is 0 Å². The number of alkyl carbamates (subject to hydrolysis) is 1. The second kappa shape index (κ2) is 9.74. The highest BCUT2D eigenvalue weighted by atomic mass is 16.6. The lowest BCUT2D eigenvalue weighted by Gasteiger charge is -2.21. The van der Waals surface area contributed by atoms with Crippen LogP contribution >= 0.6 is 0 Å². The zero-order valence-corrected chi connectivity index (χ0v) is 12.8. The average molecular weight is 260 g/mol. The van der Waals surface area contributed by atoms with Gasteiger partial charge in [0.2, 0.25) is 5.91 Å². The number of hydrogen-bond donors (Lipinski definition) is 1. The lowest BCUT2D eigenvalue weighted by molar-refractivity contribution is -0.129. The molecule has 0 fully saturated rings. The van der Waals surface area contributed by atoms with Crippen molar-refractivity contribution < 1.29 is 14.3 Å². The van der Waals surface area contributed by atoms with Crippen LogP contribution in [-0.4, -0.2) is 42.6 Å². The lowest BCUT2D eigenvalue weighted by atomic mass is 10.2. The molecule has 0 rings (SSSR count). The Kier molecular flexibility index (Phi) is 10.3. The molecule has 0 atom stereocenters. The molecule has 2 amide bonds. The zero-order valence-electron chi connectivity index (χ0n) is 12.8. The van der Waals surface area contributed by atoms with Gasteiger partial charge in [0.15, 0.2) is 0 Å². The van der Waals surface area contributed by atoms with Gasteiger partial charge in [-0.05, 0) is 20.8 Å². The third-order valence-electron chi connectivity index (χ3n) is 1.84. The SMILES string of the molecule is CC.CCC(=O)N(C)CCNC(=O)OC(C)(C)C. The van der Waals surface area contributed by atoms with Gasteiger partial charge in [-0.2, -0.15) is 0 Å². The highest BCUT2D eigenvalue weighted by Crippen LogP contribution is 2.06. The summed E-state index contributed by atoms with van der Waals surface area (Å²) in [4.78, 5) is 24.0. The fourth-order valence-electron chi connectivity index (χ4n) is 1.03. The van der Waals surface area contributed by atoms with Gasteiger partial charge in [0, 0.05) is 26.6 Å². The van der Waals surface area contributed by atoms with E-state index in [0.717, 1.165) is 0 Å². The number of rotatable bonds is 4. The molecule has 0 heterocycles. The van der Waals surface area contributed by atoms with Gasteiger partial charge in [-0.15, -0.1) is 0 Å². The van der Waals surface area contributed by atoms with Crippen LogP contribution in [0.1, 0.15) is 48.0 Å². The van der Waals surface area contributed by atoms with Crippen molar-refractivity contribution in [2.24, 2.45) is 0 Å². The average Bonchev–Trinajstić information content (AvgIpc) is 2.28. The van der Waals surface area contributed by atoms with E-state index in [2.05, 4.69) is 5.32 Å². The summed E-state index contributed by atoms with van der Waals surface area (Å²) >= 11 is 0. The predicted molar refractivity (Wildman–Crippen MR) is 73.5 cm³/mol. The largest absolute Gasteiger partial charge is 0.444 e. The maximum atomic E-state index is 11.2. The van der Waals surface area contributed by atoms with Gasteiger partial charge in [-0.1, -0.05) is 20.8 Å². The Morgan fingerprint density at radius 3 is 2.11 bits per heavy atom. The number of likely N-dealkylation sites (N-methyl/N-ethyl adjacent to an activating group) is 1. The highest BCUT2D eigenvalue weighted by Gasteiger charge is 2.15. The molecule has 18 heavy (non-hydrogen) atoms. The molecular formula is C13H28N2O3. The molecule has 0 bridgehead atoms. The summed E-state index contributed by atoms with van der Waals surface area (Å²) in [5.41, 5.74) is -0.491. The first kappa shape index (κ1) is 19.1. The number of hydrogen-bond acceptors (Lipinski definition) is 3. The van der Waals surface area contributed by atoms with E-state index in [0.29, 0.717) is 19.5 Å². The summed E-state index contributed by atoms with van der Waals surface area (Å²) in [5.74, 6) is 0.0611. The molecule has 0 aromatic heterocycles. The lowest BCUT2D eigenvalue weighted by Crippen LogP contribution is -2.38. The Balaban J connectivity index is 0. The van der Waals surface area contributed by atoms with Gasteiger partial charge in [0.1, 0.15) is 5.60 Å². The van der Waals surface area contributed by atoms with Crippen LogP contribution in [0.4, 0.5) is 4.79 Å². The molecule has 0 aromatic rings. The molecule has 0 aromatic carbocycles. The van der Waals surface area contributed by atoms with Crippen LogP contribution in [0.5, 0.6) is 0 Å². The molecule has 0 unspecified atom stereocenters. The van der Waals surface area contributed by atoms with Crippen molar-refractivity contribution in [1.82, 2.24) is 10.2 Å². The number of carbonyl (C=O) groups is 2. The minimum Gasteiger partial charge on any atom is -0.444 e. The van der Waals surface area contributed by atoms with Gasteiger partial charge in [-0.25, -0.2) is 4.79 Å². The van der Waals surface area contributed by atoms with Crippen LogP contribution in [0, 0.1) is 0 Å². The number of carbonyl (C=O) groups excluding carboxylic acids is 2. The number of nitrogens with zero attached hydrogens (tertiary/aromatic N) is 1. The zero-order chi connectivity index (χ0) is 14.8. The standard InChI is InChI=1S/C11H22N2O3.C2H6/c1-6-9(14)13(5)8-7-12-10(15)16-11(2,3)4;1-2/h6-8H2,1-5H3,(H,12,15);1-2H3. The van der Waals surface area contributed by atoms with Crippen LogP contribution in [-0.2, 0) is 9.53 Å². The monoisotopic (exact) mass is 260 g/mol. The maximum Gasteiger partial charge on any atom is 0.407 e. The van der Waals surface area contributed by atoms with Gasteiger partial charge >= 0.3 is 6.09 Å². The van der Waals surface area contributed by atoms with E-state index in [1.807, 2.05) is 13.8 Å². The molecule has 0 radical (unpaired) electrons. The van der Waals surface area contributed by atoms with Crippen molar-refractivity contribution in [3.05, 3.63) is 0 Å². The van der Waals surface area contributed by atoms with Crippen molar-refractivity contribution in [2.45, 2.75) is 53.6 Å². The first-order chi connectivity index (χ1) is 8.26. The molecule has 5 nitrogen and oxygen atoms in total. The molecular weight excluding hydrogens is 232 g/mol. The van der Waals surface area contributed by atoms with Gasteiger partial charge < -0.3 is 15.0 Å². The Labute approximate surface area is 111 Å². The van der Waals surface area contributed by atoms with Crippen molar-refractivity contribution >= 4 is 12.0 Å². The third kappa shape index (κ3) is 11.2. The molecule has 1 N–H and O–H groups in total. The van der Waals surface area contributed by atoms with E-state index < -0.39 is 11.7 Å². The van der Waals surface area contributed by atoms with E-state index in [1.54, 1.807) is 39.6 Å². The normalized spacial score (nSPS) is 9.94. The maximum absolute atomic E-state index is 11.2. The first-order valence-corrected chi connectivity index (χ1v) is 6.47. The second-order valence-corrected chi connectivity index (χ2v) is 4.60. The summed E-state index contributed by atoms with van der Waals surface area (Å²) in [6.45, 7) is 12.1. The Morgan fingerprint density at radius 1 is 1.22 bits per heavy atom. The van der Waals surface area contributed by atoms with Crippen LogP contribution in [0.2, 0.25) is 0 Å². The third-order valence-corrected chi connectivity index (χ3v) is 1.84. The summed E-state index contributed by atoms with van der Waals surface area (Å²) in [5, 5.41) is 2.59. The quantitative estimate of drug-likeness (QED) is 0.844. The number of nitrogens with one attached hydrogen (secondary N) is 1. The summed E-state index contributed by atoms with van der Waals surface area (Å²) in [7, 11) is 1.71. The smallest absolute Gasteiger partial charge is 0.407 e. The summed E-state index contributed by atoms with van der Waals surface area (Å²) in [6.07, 6.45) is 0.0213. The highest BCUT2D eigenvalue weighted by molar-refractivity contribution is 5.75. The van der Waals surface area contributed by atoms with E-state index in [1.165, 1.54) is 0 Å². The fraction of sp³-hybridized carbons (Fsp3) is 0.846. The van der Waals surface area contributed by atoms with E-state index in [4.69, 9.17) is 4.74 Å². The Bertz CT molecular complexity index is 247. The van der Waals surface area contributed by atoms with Gasteiger partial charge in [0.25, 0.3) is 0 Å². The van der Waals surface area contributed by atoms with Crippen molar-refractivity contribution in [3.8, 4) is 0 Å². The molecule has 0 spiro atoms. The van der Waals surface area contributed by atoms with Crippen LogP contribution in [0.3, 0.4) is 0 Å².